The first kappa shape index (κ1) is 14.4. The van der Waals surface area contributed by atoms with Gasteiger partial charge in [0.05, 0.1) is 18.2 Å². The Hall–Kier alpha value is -2.59. The van der Waals surface area contributed by atoms with E-state index < -0.39 is 0 Å². The van der Waals surface area contributed by atoms with Crippen molar-refractivity contribution in [3.05, 3.63) is 72.0 Å². The van der Waals surface area contributed by atoms with E-state index in [1.807, 2.05) is 54.6 Å². The van der Waals surface area contributed by atoms with Gasteiger partial charge in [0.2, 0.25) is 0 Å². The van der Waals surface area contributed by atoms with Crippen LogP contribution in [0.3, 0.4) is 0 Å². The number of fused-ring (bicyclic) bond motifs is 1. The van der Waals surface area contributed by atoms with Crippen LogP contribution >= 0.6 is 0 Å². The molecule has 2 aromatic carbocycles. The van der Waals surface area contributed by atoms with Crippen LogP contribution in [0.15, 0.2) is 65.3 Å². The van der Waals surface area contributed by atoms with Crippen molar-refractivity contribution >= 4 is 16.9 Å². The molecule has 1 aromatic heterocycles. The van der Waals surface area contributed by atoms with Crippen LogP contribution in [0.4, 0.5) is 0 Å². The molecule has 0 spiro atoms. The average Bonchev–Trinajstić information content (AvgIpc) is 2.99. The zero-order valence-corrected chi connectivity index (χ0v) is 12.0. The predicted octanol–water partition coefficient (Wildman–Crippen LogP) is 2.77. The van der Waals surface area contributed by atoms with Gasteiger partial charge in [0.15, 0.2) is 0 Å². The highest BCUT2D eigenvalue weighted by atomic mass is 16.3. The molecule has 4 heteroatoms. The van der Waals surface area contributed by atoms with E-state index in [4.69, 9.17) is 4.42 Å². The quantitative estimate of drug-likeness (QED) is 0.761. The van der Waals surface area contributed by atoms with E-state index in [1.165, 1.54) is 6.26 Å². The first-order chi connectivity index (χ1) is 10.8. The van der Waals surface area contributed by atoms with Crippen molar-refractivity contribution in [2.75, 3.05) is 6.61 Å². The lowest BCUT2D eigenvalue weighted by atomic mass is 10.1. The SMILES string of the molecule is O=C(N[C@H](CO)Cc1ccccc1)c1coc2ccccc12. The summed E-state index contributed by atoms with van der Waals surface area (Å²) in [5.41, 5.74) is 2.23. The number of aliphatic hydroxyl groups excluding tert-OH is 1. The van der Waals surface area contributed by atoms with Crippen LogP contribution in [0.1, 0.15) is 15.9 Å². The average molecular weight is 295 g/mol. The van der Waals surface area contributed by atoms with E-state index in [9.17, 15) is 9.90 Å². The van der Waals surface area contributed by atoms with Gasteiger partial charge in [-0.25, -0.2) is 0 Å². The Bertz CT molecular complexity index is 764. The molecule has 0 aliphatic heterocycles. The Morgan fingerprint density at radius 1 is 1.09 bits per heavy atom. The molecule has 3 aromatic rings. The number of aliphatic hydroxyl groups is 1. The van der Waals surface area contributed by atoms with Gasteiger partial charge in [0.25, 0.3) is 5.91 Å². The van der Waals surface area contributed by atoms with Gasteiger partial charge in [-0.1, -0.05) is 48.5 Å². The third kappa shape index (κ3) is 3.02. The van der Waals surface area contributed by atoms with Crippen LogP contribution < -0.4 is 5.32 Å². The molecular formula is C18H17NO3. The summed E-state index contributed by atoms with van der Waals surface area (Å²) in [5, 5.41) is 13.1. The molecule has 0 bridgehead atoms. The summed E-state index contributed by atoms with van der Waals surface area (Å²) < 4.78 is 5.38. The minimum absolute atomic E-state index is 0.115. The predicted molar refractivity (Wildman–Crippen MR) is 84.7 cm³/mol. The summed E-state index contributed by atoms with van der Waals surface area (Å²) in [4.78, 5) is 12.4. The number of benzene rings is 2. The first-order valence-corrected chi connectivity index (χ1v) is 7.20. The van der Waals surface area contributed by atoms with Gasteiger partial charge >= 0.3 is 0 Å². The lowest BCUT2D eigenvalue weighted by Crippen LogP contribution is -2.39. The zero-order valence-electron chi connectivity index (χ0n) is 12.0. The number of carbonyl (C=O) groups is 1. The Labute approximate surface area is 128 Å². The molecule has 1 heterocycles. The second-order valence-electron chi connectivity index (χ2n) is 5.19. The molecule has 0 aliphatic carbocycles. The molecule has 0 saturated carbocycles. The number of hydrogen-bond acceptors (Lipinski definition) is 3. The van der Waals surface area contributed by atoms with Crippen molar-refractivity contribution in [2.24, 2.45) is 0 Å². The number of para-hydroxylation sites is 1. The molecule has 1 amide bonds. The first-order valence-electron chi connectivity index (χ1n) is 7.20. The third-order valence-corrected chi connectivity index (χ3v) is 3.61. The van der Waals surface area contributed by atoms with Crippen molar-refractivity contribution in [1.29, 1.82) is 0 Å². The Kier molecular flexibility index (Phi) is 4.21. The molecule has 2 N–H and O–H groups in total. The number of furan rings is 1. The smallest absolute Gasteiger partial charge is 0.255 e. The summed E-state index contributed by atoms with van der Waals surface area (Å²) in [6, 6.07) is 16.8. The lowest BCUT2D eigenvalue weighted by Gasteiger charge is -2.16. The topological polar surface area (TPSA) is 62.5 Å². The minimum Gasteiger partial charge on any atom is -0.463 e. The van der Waals surface area contributed by atoms with E-state index in [-0.39, 0.29) is 18.6 Å². The fourth-order valence-corrected chi connectivity index (χ4v) is 2.48. The van der Waals surface area contributed by atoms with Crippen molar-refractivity contribution in [1.82, 2.24) is 5.32 Å². The Balaban J connectivity index is 1.74. The summed E-state index contributed by atoms with van der Waals surface area (Å²) in [6.07, 6.45) is 2.04. The molecule has 4 nitrogen and oxygen atoms in total. The molecule has 3 rings (SSSR count). The fraction of sp³-hybridized carbons (Fsp3) is 0.167. The summed E-state index contributed by atoms with van der Waals surface area (Å²) in [7, 11) is 0. The molecular weight excluding hydrogens is 278 g/mol. The van der Waals surface area contributed by atoms with Gasteiger partial charge in [-0.05, 0) is 18.1 Å². The third-order valence-electron chi connectivity index (χ3n) is 3.61. The lowest BCUT2D eigenvalue weighted by molar-refractivity contribution is 0.0917. The highest BCUT2D eigenvalue weighted by molar-refractivity contribution is 6.05. The van der Waals surface area contributed by atoms with Gasteiger partial charge in [0.1, 0.15) is 11.8 Å². The molecule has 112 valence electrons. The van der Waals surface area contributed by atoms with Crippen LogP contribution in [-0.2, 0) is 6.42 Å². The van der Waals surface area contributed by atoms with Crippen LogP contribution in [0.25, 0.3) is 11.0 Å². The monoisotopic (exact) mass is 295 g/mol. The van der Waals surface area contributed by atoms with Crippen LogP contribution in [0.5, 0.6) is 0 Å². The summed E-state index contributed by atoms with van der Waals surface area (Å²) >= 11 is 0. The molecule has 0 unspecified atom stereocenters. The molecule has 0 saturated heterocycles. The van der Waals surface area contributed by atoms with Crippen molar-refractivity contribution in [3.63, 3.8) is 0 Å². The number of hydrogen-bond donors (Lipinski definition) is 2. The van der Waals surface area contributed by atoms with Crippen LogP contribution in [0, 0.1) is 0 Å². The van der Waals surface area contributed by atoms with Gasteiger partial charge < -0.3 is 14.8 Å². The molecule has 0 radical (unpaired) electrons. The van der Waals surface area contributed by atoms with Crippen LogP contribution in [0.2, 0.25) is 0 Å². The standard InChI is InChI=1S/C18H17NO3/c20-11-14(10-13-6-2-1-3-7-13)19-18(21)16-12-22-17-9-5-4-8-15(16)17/h1-9,12,14,20H,10-11H2,(H,19,21)/t14-/m0/s1. The van der Waals surface area contributed by atoms with Crippen LogP contribution in [-0.4, -0.2) is 23.7 Å². The number of amides is 1. The van der Waals surface area contributed by atoms with E-state index in [1.54, 1.807) is 0 Å². The number of rotatable bonds is 5. The second kappa shape index (κ2) is 6.45. The summed E-state index contributed by atoms with van der Waals surface area (Å²) in [5.74, 6) is -0.236. The van der Waals surface area contributed by atoms with Gasteiger partial charge in [-0.3, -0.25) is 4.79 Å². The van der Waals surface area contributed by atoms with E-state index in [0.29, 0.717) is 17.6 Å². The molecule has 0 fully saturated rings. The van der Waals surface area contributed by atoms with E-state index >= 15 is 0 Å². The molecule has 22 heavy (non-hydrogen) atoms. The minimum atomic E-state index is -0.330. The number of carbonyl (C=O) groups excluding carboxylic acids is 1. The second-order valence-corrected chi connectivity index (χ2v) is 5.19. The maximum atomic E-state index is 12.4. The Morgan fingerprint density at radius 2 is 1.82 bits per heavy atom. The van der Waals surface area contributed by atoms with E-state index in [0.717, 1.165) is 10.9 Å². The van der Waals surface area contributed by atoms with E-state index in [2.05, 4.69) is 5.32 Å². The van der Waals surface area contributed by atoms with Gasteiger partial charge in [-0.2, -0.15) is 0 Å². The van der Waals surface area contributed by atoms with Gasteiger partial charge in [-0.15, -0.1) is 0 Å². The number of nitrogens with one attached hydrogen (secondary N) is 1. The Morgan fingerprint density at radius 3 is 2.59 bits per heavy atom. The van der Waals surface area contributed by atoms with Gasteiger partial charge in [0, 0.05) is 5.39 Å². The maximum absolute atomic E-state index is 12.4. The van der Waals surface area contributed by atoms with Crippen molar-refractivity contribution < 1.29 is 14.3 Å². The molecule has 0 aliphatic rings. The fourth-order valence-electron chi connectivity index (χ4n) is 2.48. The summed E-state index contributed by atoms with van der Waals surface area (Å²) in [6.45, 7) is -0.115. The normalized spacial score (nSPS) is 12.2. The van der Waals surface area contributed by atoms with Crippen molar-refractivity contribution in [2.45, 2.75) is 12.5 Å². The maximum Gasteiger partial charge on any atom is 0.255 e. The van der Waals surface area contributed by atoms with Crippen molar-refractivity contribution in [3.8, 4) is 0 Å². The zero-order chi connectivity index (χ0) is 15.4. The largest absolute Gasteiger partial charge is 0.463 e. The highest BCUT2D eigenvalue weighted by Gasteiger charge is 2.17. The molecule has 1 atom stereocenters. The highest BCUT2D eigenvalue weighted by Crippen LogP contribution is 2.20.